The zero-order valence-electron chi connectivity index (χ0n) is 12.6. The fourth-order valence-electron chi connectivity index (χ4n) is 2.14. The molecule has 0 fully saturated rings. The van der Waals surface area contributed by atoms with Gasteiger partial charge in [-0.1, -0.05) is 13.8 Å². The summed E-state index contributed by atoms with van der Waals surface area (Å²) in [4.78, 5) is 13.4. The van der Waals surface area contributed by atoms with Crippen molar-refractivity contribution < 1.29 is 0 Å². The molecule has 4 heteroatoms. The fraction of sp³-hybridized carbons (Fsp3) is 0.438. The summed E-state index contributed by atoms with van der Waals surface area (Å²) in [6, 6.07) is 4.02. The molecule has 0 aliphatic heterocycles. The van der Waals surface area contributed by atoms with Crippen LogP contribution in [0.5, 0.6) is 0 Å². The summed E-state index contributed by atoms with van der Waals surface area (Å²) in [7, 11) is 0. The zero-order chi connectivity index (χ0) is 14.5. The molecule has 0 radical (unpaired) electrons. The number of hydrogen-bond donors (Lipinski definition) is 1. The smallest absolute Gasteiger partial charge is 0.162 e. The van der Waals surface area contributed by atoms with Gasteiger partial charge in [0.05, 0.1) is 0 Å². The van der Waals surface area contributed by atoms with E-state index in [1.54, 1.807) is 6.20 Å². The molecule has 0 aliphatic rings. The second-order valence-corrected chi connectivity index (χ2v) is 5.39. The Morgan fingerprint density at radius 1 is 1.25 bits per heavy atom. The number of anilines is 1. The van der Waals surface area contributed by atoms with Crippen LogP contribution in [-0.4, -0.2) is 21.5 Å². The summed E-state index contributed by atoms with van der Waals surface area (Å²) in [5, 5.41) is 3.28. The third kappa shape index (κ3) is 3.53. The van der Waals surface area contributed by atoms with E-state index in [9.17, 15) is 0 Å². The lowest BCUT2D eigenvalue weighted by atomic mass is 10.1. The van der Waals surface area contributed by atoms with Crippen LogP contribution in [0, 0.1) is 12.8 Å². The average molecular weight is 270 g/mol. The maximum Gasteiger partial charge on any atom is 0.162 e. The maximum atomic E-state index is 4.71. The van der Waals surface area contributed by atoms with E-state index in [1.807, 2.05) is 25.3 Å². The highest BCUT2D eigenvalue weighted by molar-refractivity contribution is 5.60. The number of pyridine rings is 1. The van der Waals surface area contributed by atoms with Gasteiger partial charge in [0.25, 0.3) is 0 Å². The molecule has 0 unspecified atom stereocenters. The lowest BCUT2D eigenvalue weighted by Crippen LogP contribution is -2.06. The van der Waals surface area contributed by atoms with Crippen LogP contribution in [0.1, 0.15) is 32.0 Å². The first-order valence-corrected chi connectivity index (χ1v) is 7.13. The Morgan fingerprint density at radius 3 is 2.70 bits per heavy atom. The second-order valence-electron chi connectivity index (χ2n) is 5.39. The van der Waals surface area contributed by atoms with E-state index < -0.39 is 0 Å². The van der Waals surface area contributed by atoms with Crippen LogP contribution in [-0.2, 0) is 6.42 Å². The third-order valence-electron chi connectivity index (χ3n) is 3.02. The Morgan fingerprint density at radius 2 is 2.05 bits per heavy atom. The van der Waals surface area contributed by atoms with Gasteiger partial charge in [-0.2, -0.15) is 0 Å². The minimum Gasteiger partial charge on any atom is -0.370 e. The third-order valence-corrected chi connectivity index (χ3v) is 3.02. The molecule has 106 valence electrons. The first-order chi connectivity index (χ1) is 9.60. The van der Waals surface area contributed by atoms with Gasteiger partial charge in [-0.15, -0.1) is 0 Å². The van der Waals surface area contributed by atoms with Crippen LogP contribution in [0.4, 0.5) is 5.82 Å². The van der Waals surface area contributed by atoms with Crippen LogP contribution in [0.2, 0.25) is 0 Å². The molecule has 0 bridgehead atoms. The standard InChI is InChI=1S/C16H22N4/c1-5-18-15-9-13(8-11(2)3)19-16(20-15)14-6-7-17-10-12(14)4/h6-7,9-11H,5,8H2,1-4H3,(H,18,19,20). The largest absolute Gasteiger partial charge is 0.370 e. The SMILES string of the molecule is CCNc1cc(CC(C)C)nc(-c2ccncc2C)n1. The van der Waals surface area contributed by atoms with Gasteiger partial charge in [0.1, 0.15) is 5.82 Å². The van der Waals surface area contributed by atoms with Crippen molar-refractivity contribution in [3.8, 4) is 11.4 Å². The van der Waals surface area contributed by atoms with Gasteiger partial charge in [-0.3, -0.25) is 4.98 Å². The molecule has 0 amide bonds. The second kappa shape index (κ2) is 6.46. The van der Waals surface area contributed by atoms with E-state index in [0.717, 1.165) is 41.4 Å². The first-order valence-electron chi connectivity index (χ1n) is 7.13. The van der Waals surface area contributed by atoms with Crippen molar-refractivity contribution in [2.75, 3.05) is 11.9 Å². The lowest BCUT2D eigenvalue weighted by molar-refractivity contribution is 0.635. The van der Waals surface area contributed by atoms with Gasteiger partial charge < -0.3 is 5.32 Å². The van der Waals surface area contributed by atoms with Gasteiger partial charge in [0, 0.05) is 36.3 Å². The highest BCUT2D eigenvalue weighted by atomic mass is 15.0. The topological polar surface area (TPSA) is 50.7 Å². The van der Waals surface area contributed by atoms with Crippen LogP contribution in [0.15, 0.2) is 24.5 Å². The summed E-state index contributed by atoms with van der Waals surface area (Å²) in [5.41, 5.74) is 3.22. The number of nitrogens with zero attached hydrogens (tertiary/aromatic N) is 3. The number of rotatable bonds is 5. The van der Waals surface area contributed by atoms with Crippen LogP contribution >= 0.6 is 0 Å². The van der Waals surface area contributed by atoms with Crippen LogP contribution in [0.3, 0.4) is 0 Å². The molecule has 2 rings (SSSR count). The first kappa shape index (κ1) is 14.4. The molecular weight excluding hydrogens is 248 g/mol. The molecule has 2 aromatic rings. The van der Waals surface area contributed by atoms with E-state index in [1.165, 1.54) is 0 Å². The lowest BCUT2D eigenvalue weighted by Gasteiger charge is -2.11. The number of nitrogens with one attached hydrogen (secondary N) is 1. The number of aromatic nitrogens is 3. The van der Waals surface area contributed by atoms with Crippen LogP contribution in [0.25, 0.3) is 11.4 Å². The minimum atomic E-state index is 0.575. The summed E-state index contributed by atoms with van der Waals surface area (Å²) in [6.45, 7) is 9.36. The van der Waals surface area contributed by atoms with Crippen LogP contribution < -0.4 is 5.32 Å². The molecular formula is C16H22N4. The number of hydrogen-bond acceptors (Lipinski definition) is 4. The van der Waals surface area contributed by atoms with E-state index in [0.29, 0.717) is 5.92 Å². The van der Waals surface area contributed by atoms with Gasteiger partial charge in [0.15, 0.2) is 5.82 Å². The van der Waals surface area contributed by atoms with Gasteiger partial charge >= 0.3 is 0 Å². The molecule has 1 N–H and O–H groups in total. The number of aryl methyl sites for hydroxylation is 1. The van der Waals surface area contributed by atoms with Gasteiger partial charge in [-0.25, -0.2) is 9.97 Å². The molecule has 0 saturated heterocycles. The monoisotopic (exact) mass is 270 g/mol. The van der Waals surface area contributed by atoms with Crippen molar-refractivity contribution in [3.63, 3.8) is 0 Å². The van der Waals surface area contributed by atoms with E-state index in [-0.39, 0.29) is 0 Å². The summed E-state index contributed by atoms with van der Waals surface area (Å²) in [6.07, 6.45) is 4.59. The van der Waals surface area contributed by atoms with E-state index in [2.05, 4.69) is 36.1 Å². The molecule has 0 aliphatic carbocycles. The summed E-state index contributed by atoms with van der Waals surface area (Å²) >= 11 is 0. The molecule has 20 heavy (non-hydrogen) atoms. The molecule has 0 spiro atoms. The Balaban J connectivity index is 2.46. The van der Waals surface area contributed by atoms with Crippen molar-refractivity contribution in [1.82, 2.24) is 15.0 Å². The highest BCUT2D eigenvalue weighted by Gasteiger charge is 2.10. The Bertz CT molecular complexity index is 578. The fourth-order valence-corrected chi connectivity index (χ4v) is 2.14. The predicted octanol–water partition coefficient (Wildman–Crippen LogP) is 3.48. The van der Waals surface area contributed by atoms with Crippen molar-refractivity contribution in [3.05, 3.63) is 35.8 Å². The van der Waals surface area contributed by atoms with Crippen molar-refractivity contribution in [2.24, 2.45) is 5.92 Å². The normalized spacial score (nSPS) is 10.8. The molecule has 0 atom stereocenters. The Kier molecular flexibility index (Phi) is 4.66. The predicted molar refractivity (Wildman–Crippen MR) is 82.7 cm³/mol. The van der Waals surface area contributed by atoms with Crippen molar-refractivity contribution in [1.29, 1.82) is 0 Å². The molecule has 4 nitrogen and oxygen atoms in total. The maximum absolute atomic E-state index is 4.71. The van der Waals surface area contributed by atoms with E-state index >= 15 is 0 Å². The molecule has 2 heterocycles. The zero-order valence-corrected chi connectivity index (χ0v) is 12.6. The van der Waals surface area contributed by atoms with Crippen molar-refractivity contribution in [2.45, 2.75) is 34.1 Å². The average Bonchev–Trinajstić information content (AvgIpc) is 2.38. The van der Waals surface area contributed by atoms with E-state index in [4.69, 9.17) is 4.98 Å². The molecule has 2 aromatic heterocycles. The quantitative estimate of drug-likeness (QED) is 0.903. The molecule has 0 saturated carbocycles. The van der Waals surface area contributed by atoms with Crippen molar-refractivity contribution >= 4 is 5.82 Å². The minimum absolute atomic E-state index is 0.575. The molecule has 0 aromatic carbocycles. The summed E-state index contributed by atoms with van der Waals surface area (Å²) < 4.78 is 0. The van der Waals surface area contributed by atoms with Gasteiger partial charge in [-0.05, 0) is 37.8 Å². The Hall–Kier alpha value is -1.97. The summed E-state index contributed by atoms with van der Waals surface area (Å²) in [5.74, 6) is 2.24. The highest BCUT2D eigenvalue weighted by Crippen LogP contribution is 2.21. The Labute approximate surface area is 120 Å². The van der Waals surface area contributed by atoms with Gasteiger partial charge in [0.2, 0.25) is 0 Å².